The third-order valence-corrected chi connectivity index (χ3v) is 2.47. The van der Waals surface area contributed by atoms with Gasteiger partial charge in [-0.25, -0.2) is 4.79 Å². The molecule has 0 saturated heterocycles. The van der Waals surface area contributed by atoms with Gasteiger partial charge in [-0.05, 0) is 23.6 Å². The monoisotopic (exact) mass is 202 g/mol. The van der Waals surface area contributed by atoms with Crippen LogP contribution in [0.2, 0.25) is 0 Å². The van der Waals surface area contributed by atoms with Crippen molar-refractivity contribution >= 4 is 17.8 Å². The first kappa shape index (κ1) is 9.65. The summed E-state index contributed by atoms with van der Waals surface area (Å²) in [6.45, 7) is 0. The van der Waals surface area contributed by atoms with Gasteiger partial charge in [-0.1, -0.05) is 18.2 Å². The number of hydrogen-bond acceptors (Lipinski definition) is 2. The largest absolute Gasteiger partial charge is 0.478 e. The molecule has 3 nitrogen and oxygen atoms in total. The Kier molecular flexibility index (Phi) is 2.37. The molecular weight excluding hydrogens is 192 g/mol. The van der Waals surface area contributed by atoms with Crippen LogP contribution in [0.15, 0.2) is 24.3 Å². The second kappa shape index (κ2) is 3.69. The summed E-state index contributed by atoms with van der Waals surface area (Å²) in [5.74, 6) is -0.787. The number of carboxylic acids is 1. The molecule has 76 valence electrons. The molecule has 1 aliphatic carbocycles. The van der Waals surface area contributed by atoms with Crippen molar-refractivity contribution in [3.05, 3.63) is 41.0 Å². The lowest BCUT2D eigenvalue weighted by molar-refractivity contribution is -0.131. The lowest BCUT2D eigenvalue weighted by atomic mass is 10.1. The Labute approximate surface area is 87.0 Å². The van der Waals surface area contributed by atoms with Crippen molar-refractivity contribution in [1.82, 2.24) is 0 Å². The van der Waals surface area contributed by atoms with Crippen molar-refractivity contribution < 1.29 is 14.7 Å². The van der Waals surface area contributed by atoms with E-state index in [1.807, 2.05) is 6.07 Å². The van der Waals surface area contributed by atoms with E-state index in [2.05, 4.69) is 0 Å². The number of carboxylic acid groups (broad SMARTS) is 1. The highest BCUT2D eigenvalue weighted by Crippen LogP contribution is 2.23. The lowest BCUT2D eigenvalue weighted by Gasteiger charge is -1.98. The van der Waals surface area contributed by atoms with Crippen molar-refractivity contribution in [2.45, 2.75) is 12.8 Å². The Morgan fingerprint density at radius 1 is 1.33 bits per heavy atom. The van der Waals surface area contributed by atoms with E-state index in [4.69, 9.17) is 5.11 Å². The first-order valence-electron chi connectivity index (χ1n) is 4.74. The molecule has 1 N–H and O–H groups in total. The number of Topliss-reactive ketones (excluding diaryl/α,β-unsaturated/α-hetero) is 1. The van der Waals surface area contributed by atoms with Crippen LogP contribution >= 0.6 is 0 Å². The maximum atomic E-state index is 11.3. The zero-order chi connectivity index (χ0) is 10.8. The van der Waals surface area contributed by atoms with Crippen LogP contribution in [0.1, 0.15) is 27.9 Å². The van der Waals surface area contributed by atoms with Gasteiger partial charge in [-0.2, -0.15) is 0 Å². The van der Waals surface area contributed by atoms with Gasteiger partial charge in [-0.15, -0.1) is 0 Å². The van der Waals surface area contributed by atoms with Gasteiger partial charge in [-0.3, -0.25) is 4.79 Å². The van der Waals surface area contributed by atoms with E-state index in [1.165, 1.54) is 6.08 Å². The Bertz CT molecular complexity index is 458. The minimum Gasteiger partial charge on any atom is -0.478 e. The van der Waals surface area contributed by atoms with Gasteiger partial charge in [0.15, 0.2) is 5.78 Å². The van der Waals surface area contributed by atoms with E-state index in [-0.39, 0.29) is 5.78 Å². The quantitative estimate of drug-likeness (QED) is 0.745. The Balaban J connectivity index is 2.31. The van der Waals surface area contributed by atoms with Gasteiger partial charge >= 0.3 is 5.97 Å². The van der Waals surface area contributed by atoms with Crippen LogP contribution in [-0.2, 0) is 11.2 Å². The summed E-state index contributed by atoms with van der Waals surface area (Å²) >= 11 is 0. The van der Waals surface area contributed by atoms with Gasteiger partial charge in [0, 0.05) is 18.1 Å². The molecule has 0 bridgehead atoms. The zero-order valence-corrected chi connectivity index (χ0v) is 8.06. The maximum absolute atomic E-state index is 11.3. The second-order valence-electron chi connectivity index (χ2n) is 3.51. The molecule has 0 aromatic heterocycles. The molecule has 1 aliphatic rings. The molecule has 1 aromatic rings. The number of aryl methyl sites for hydroxylation is 1. The minimum atomic E-state index is -0.966. The Hall–Kier alpha value is -1.90. The van der Waals surface area contributed by atoms with Crippen LogP contribution in [-0.4, -0.2) is 16.9 Å². The van der Waals surface area contributed by atoms with Crippen LogP contribution in [0, 0.1) is 0 Å². The summed E-state index contributed by atoms with van der Waals surface area (Å²) < 4.78 is 0. The highest BCUT2D eigenvalue weighted by Gasteiger charge is 2.18. The molecule has 0 saturated carbocycles. The van der Waals surface area contributed by atoms with E-state index in [0.717, 1.165) is 29.2 Å². The average molecular weight is 202 g/mol. The average Bonchev–Trinajstić information content (AvgIpc) is 2.57. The topological polar surface area (TPSA) is 54.4 Å². The number of carbonyl (C=O) groups excluding carboxylic acids is 1. The van der Waals surface area contributed by atoms with Crippen LogP contribution in [0.5, 0.6) is 0 Å². The molecule has 1 aromatic carbocycles. The predicted molar refractivity (Wildman–Crippen MR) is 55.8 cm³/mol. The summed E-state index contributed by atoms with van der Waals surface area (Å²) in [6, 6.07) is 5.41. The molecule has 15 heavy (non-hydrogen) atoms. The van der Waals surface area contributed by atoms with Crippen LogP contribution in [0.25, 0.3) is 6.08 Å². The Morgan fingerprint density at radius 2 is 2.13 bits per heavy atom. The van der Waals surface area contributed by atoms with Crippen molar-refractivity contribution in [2.24, 2.45) is 0 Å². The highest BCUT2D eigenvalue weighted by atomic mass is 16.4. The maximum Gasteiger partial charge on any atom is 0.328 e. The number of aliphatic carboxylic acids is 1. The summed E-state index contributed by atoms with van der Waals surface area (Å²) in [4.78, 5) is 21.6. The SMILES string of the molecule is O=C(O)/C=C/c1ccc2c(c1)CCC2=O. The number of carbonyl (C=O) groups is 2. The standard InChI is InChI=1S/C12H10O3/c13-11-5-3-9-7-8(1-4-10(9)11)2-6-12(14)15/h1-2,4,6-7H,3,5H2,(H,14,15)/b6-2+. The van der Waals surface area contributed by atoms with Crippen molar-refractivity contribution in [2.75, 3.05) is 0 Å². The van der Waals surface area contributed by atoms with Crippen molar-refractivity contribution in [1.29, 1.82) is 0 Å². The summed E-state index contributed by atoms with van der Waals surface area (Å²) in [5.41, 5.74) is 2.63. The van der Waals surface area contributed by atoms with Gasteiger partial charge < -0.3 is 5.11 Å². The van der Waals surface area contributed by atoms with Gasteiger partial charge in [0.25, 0.3) is 0 Å². The number of ketones is 1. The molecule has 0 spiro atoms. The van der Waals surface area contributed by atoms with Crippen LogP contribution < -0.4 is 0 Å². The fourth-order valence-electron chi connectivity index (χ4n) is 1.75. The van der Waals surface area contributed by atoms with Crippen molar-refractivity contribution in [3.63, 3.8) is 0 Å². The molecule has 0 atom stereocenters. The van der Waals surface area contributed by atoms with Gasteiger partial charge in [0.05, 0.1) is 0 Å². The van der Waals surface area contributed by atoms with Crippen LogP contribution in [0.4, 0.5) is 0 Å². The third-order valence-electron chi connectivity index (χ3n) is 2.47. The first-order chi connectivity index (χ1) is 7.16. The van der Waals surface area contributed by atoms with Crippen LogP contribution in [0.3, 0.4) is 0 Å². The summed E-state index contributed by atoms with van der Waals surface area (Å²) in [5, 5.41) is 8.47. The number of hydrogen-bond donors (Lipinski definition) is 1. The molecule has 0 fully saturated rings. The molecular formula is C12H10O3. The van der Waals surface area contributed by atoms with E-state index in [9.17, 15) is 9.59 Å². The second-order valence-corrected chi connectivity index (χ2v) is 3.51. The number of benzene rings is 1. The molecule has 0 heterocycles. The van der Waals surface area contributed by atoms with Gasteiger partial charge in [0.1, 0.15) is 0 Å². The van der Waals surface area contributed by atoms with Crippen molar-refractivity contribution in [3.8, 4) is 0 Å². The smallest absolute Gasteiger partial charge is 0.328 e. The van der Waals surface area contributed by atoms with E-state index >= 15 is 0 Å². The summed E-state index contributed by atoms with van der Waals surface area (Å²) in [6.07, 6.45) is 3.97. The normalized spacial score (nSPS) is 14.5. The fraction of sp³-hybridized carbons (Fsp3) is 0.167. The minimum absolute atomic E-state index is 0.179. The number of rotatable bonds is 2. The molecule has 0 aliphatic heterocycles. The zero-order valence-electron chi connectivity index (χ0n) is 8.06. The molecule has 3 heteroatoms. The molecule has 0 radical (unpaired) electrons. The third kappa shape index (κ3) is 1.96. The highest BCUT2D eigenvalue weighted by molar-refractivity contribution is 6.00. The van der Waals surface area contributed by atoms with E-state index in [1.54, 1.807) is 12.1 Å². The van der Waals surface area contributed by atoms with E-state index < -0.39 is 5.97 Å². The molecule has 2 rings (SSSR count). The number of fused-ring (bicyclic) bond motifs is 1. The molecule has 0 unspecified atom stereocenters. The Morgan fingerprint density at radius 3 is 2.87 bits per heavy atom. The first-order valence-corrected chi connectivity index (χ1v) is 4.74. The summed E-state index contributed by atoms with van der Waals surface area (Å²) in [7, 11) is 0. The van der Waals surface area contributed by atoms with Gasteiger partial charge in [0.2, 0.25) is 0 Å². The molecule has 0 amide bonds. The predicted octanol–water partition coefficient (Wildman–Crippen LogP) is 1.91. The van der Waals surface area contributed by atoms with E-state index in [0.29, 0.717) is 6.42 Å². The lowest BCUT2D eigenvalue weighted by Crippen LogP contribution is -1.91. The fourth-order valence-corrected chi connectivity index (χ4v) is 1.75.